The summed E-state index contributed by atoms with van der Waals surface area (Å²) < 4.78 is 27.5. The number of H-pyrrole nitrogens is 1. The molecule has 9 rings (SSSR count). The first-order chi connectivity index (χ1) is 29.7. The lowest BCUT2D eigenvalue weighted by molar-refractivity contribution is -0.141. The second kappa shape index (κ2) is 17.2. The molecule has 0 spiro atoms. The molecule has 0 saturated carbocycles. The SMILES string of the molecule is CNCO[C@]12Cc3c4c(c5c(c3O[C@@H]1c1ccc(O)c(c1)O[C@H](CO)CC#C[C@@H]2NCNC[C@H](C)O)CC[C@H](CO)O5)-c1ccc(O)cc1[C@H](Cc1ccc2[nH]ccc2c1)C4. The van der Waals surface area contributed by atoms with Crippen LogP contribution in [0, 0.1) is 11.8 Å². The lowest BCUT2D eigenvalue weighted by atomic mass is 9.69. The molecule has 0 saturated heterocycles. The van der Waals surface area contributed by atoms with Crippen LogP contribution in [0.5, 0.6) is 28.7 Å². The fourth-order valence-corrected chi connectivity index (χ4v) is 9.68. The highest BCUT2D eigenvalue weighted by molar-refractivity contribution is 5.85. The Morgan fingerprint density at radius 3 is 2.64 bits per heavy atom. The summed E-state index contributed by atoms with van der Waals surface area (Å²) in [6.07, 6.45) is 2.47. The van der Waals surface area contributed by atoms with Crippen molar-refractivity contribution in [3.05, 3.63) is 100 Å². The number of nitrogens with one attached hydrogen (secondary N) is 4. The van der Waals surface area contributed by atoms with Gasteiger partial charge in [0, 0.05) is 54.5 Å². The fourth-order valence-electron chi connectivity index (χ4n) is 9.68. The number of aromatic nitrogens is 1. The Kier molecular flexibility index (Phi) is 11.6. The zero-order valence-electron chi connectivity index (χ0n) is 34.5. The van der Waals surface area contributed by atoms with Gasteiger partial charge in [0.15, 0.2) is 17.6 Å². The molecule has 4 aromatic carbocycles. The quantitative estimate of drug-likeness (QED) is 0.0489. The van der Waals surface area contributed by atoms with Crippen LogP contribution < -0.4 is 30.2 Å². The summed E-state index contributed by atoms with van der Waals surface area (Å²) in [4.78, 5) is 3.30. The van der Waals surface area contributed by atoms with Gasteiger partial charge < -0.3 is 54.8 Å². The number of rotatable bonds is 12. The molecule has 0 fully saturated rings. The molecule has 0 amide bonds. The number of aliphatic hydroxyl groups excluding tert-OH is 3. The zero-order chi connectivity index (χ0) is 42.3. The van der Waals surface area contributed by atoms with Gasteiger partial charge in [-0.15, -0.1) is 0 Å². The molecule has 4 heterocycles. The number of fused-ring (bicyclic) bond motifs is 13. The van der Waals surface area contributed by atoms with Gasteiger partial charge in [-0.2, -0.15) is 0 Å². The van der Waals surface area contributed by atoms with E-state index in [0.29, 0.717) is 62.4 Å². The van der Waals surface area contributed by atoms with Crippen LogP contribution >= 0.6 is 0 Å². The van der Waals surface area contributed by atoms with E-state index in [0.717, 1.165) is 44.3 Å². The molecule has 1 aromatic heterocycles. The minimum absolute atomic E-state index is 0.0320. The number of aliphatic hydroxyl groups is 3. The summed E-state index contributed by atoms with van der Waals surface area (Å²) in [7, 11) is 1.82. The number of phenols is 2. The predicted molar refractivity (Wildman–Crippen MR) is 230 cm³/mol. The van der Waals surface area contributed by atoms with Crippen LogP contribution in [0.25, 0.3) is 22.0 Å². The molecular weight excluding hydrogens is 777 g/mol. The van der Waals surface area contributed by atoms with Crippen molar-refractivity contribution in [1.82, 2.24) is 20.9 Å². The Morgan fingerprint density at radius 1 is 0.951 bits per heavy atom. The van der Waals surface area contributed by atoms with Crippen molar-refractivity contribution in [1.29, 1.82) is 0 Å². The summed E-state index contributed by atoms with van der Waals surface area (Å²) in [5.41, 5.74) is 7.54. The molecule has 0 unspecified atom stereocenters. The van der Waals surface area contributed by atoms with Crippen LogP contribution in [0.2, 0.25) is 0 Å². The van der Waals surface area contributed by atoms with Gasteiger partial charge in [0.05, 0.1) is 26.0 Å². The first kappa shape index (κ1) is 41.1. The molecular formula is C48H54N4O9. The zero-order valence-corrected chi connectivity index (χ0v) is 34.5. The lowest BCUT2D eigenvalue weighted by Crippen LogP contribution is -2.62. The normalized spacial score (nSPS) is 24.2. The van der Waals surface area contributed by atoms with Gasteiger partial charge in [-0.1, -0.05) is 30.0 Å². The van der Waals surface area contributed by atoms with Gasteiger partial charge in [0.25, 0.3) is 0 Å². The number of hydrogen-bond acceptors (Lipinski definition) is 12. The molecule has 2 bridgehead atoms. The Hall–Kier alpha value is -5.30. The monoisotopic (exact) mass is 830 g/mol. The van der Waals surface area contributed by atoms with E-state index in [9.17, 15) is 25.5 Å². The van der Waals surface area contributed by atoms with E-state index in [-0.39, 0.29) is 49.5 Å². The summed E-state index contributed by atoms with van der Waals surface area (Å²) in [6.45, 7) is 2.06. The lowest BCUT2D eigenvalue weighted by Gasteiger charge is -2.49. The molecule has 3 aliphatic heterocycles. The van der Waals surface area contributed by atoms with E-state index in [4.69, 9.17) is 18.9 Å². The van der Waals surface area contributed by atoms with Gasteiger partial charge in [-0.25, -0.2) is 0 Å². The van der Waals surface area contributed by atoms with Crippen molar-refractivity contribution in [2.24, 2.45) is 0 Å². The van der Waals surface area contributed by atoms with Gasteiger partial charge in [-0.3, -0.25) is 10.6 Å². The van der Waals surface area contributed by atoms with Crippen LogP contribution in [0.15, 0.2) is 66.9 Å². The third-order valence-corrected chi connectivity index (χ3v) is 12.6. The van der Waals surface area contributed by atoms with E-state index in [1.165, 1.54) is 5.56 Å². The van der Waals surface area contributed by atoms with Crippen LogP contribution in [0.4, 0.5) is 0 Å². The van der Waals surface area contributed by atoms with Gasteiger partial charge in [0.1, 0.15) is 41.1 Å². The second-order valence-corrected chi connectivity index (χ2v) is 16.8. The first-order valence-electron chi connectivity index (χ1n) is 21.2. The van der Waals surface area contributed by atoms with Crippen molar-refractivity contribution in [3.8, 4) is 51.7 Å². The van der Waals surface area contributed by atoms with E-state index < -0.39 is 36.1 Å². The molecule has 61 heavy (non-hydrogen) atoms. The number of aromatic hydroxyl groups is 2. The number of benzene rings is 4. The maximum Gasteiger partial charge on any atom is 0.161 e. The highest BCUT2D eigenvalue weighted by Gasteiger charge is 2.54. The van der Waals surface area contributed by atoms with E-state index >= 15 is 0 Å². The molecule has 320 valence electrons. The number of hydrogen-bond donors (Lipinski definition) is 9. The smallest absolute Gasteiger partial charge is 0.161 e. The first-order valence-corrected chi connectivity index (χ1v) is 21.2. The van der Waals surface area contributed by atoms with Crippen LogP contribution in [-0.4, -0.2) is 101 Å². The Morgan fingerprint density at radius 2 is 1.82 bits per heavy atom. The maximum absolute atomic E-state index is 11.0. The minimum Gasteiger partial charge on any atom is -0.508 e. The third-order valence-electron chi connectivity index (χ3n) is 12.6. The maximum atomic E-state index is 11.0. The molecule has 9 N–H and O–H groups in total. The van der Waals surface area contributed by atoms with Gasteiger partial charge in [0.2, 0.25) is 0 Å². The standard InChI is InChI=1S/C48H54N4O9/c1-27(55)22-50-25-52-43-5-3-4-33(23-53)59-42-19-30(7-13-41(42)57)47-48(43,58-26-49-2)21-39-38-18-31(17-28-6-12-40-29(16-28)14-15-51-40)37-20-32(56)8-10-35(37)44(38)46-36(45(39)61-47)11-9-34(24-54)60-46/h6-8,10,12-16,19-20,27,31,33-34,43,47,49-57H,4,9,11,17-18,21-26H2,1-2H3/t27-,31+,33-,34+,43-,47+,48-/m0/s1. The number of ether oxygens (including phenoxy) is 4. The topological polar surface area (TPSA) is 190 Å². The molecule has 7 atom stereocenters. The molecule has 5 aromatic rings. The van der Waals surface area contributed by atoms with Crippen molar-refractivity contribution in [2.75, 3.05) is 40.2 Å². The average molecular weight is 831 g/mol. The minimum atomic E-state index is -1.21. The highest BCUT2D eigenvalue weighted by atomic mass is 16.6. The Labute approximate surface area is 355 Å². The third kappa shape index (κ3) is 7.78. The van der Waals surface area contributed by atoms with Crippen molar-refractivity contribution >= 4 is 10.9 Å². The highest BCUT2D eigenvalue weighted by Crippen LogP contribution is 2.58. The average Bonchev–Trinajstić information content (AvgIpc) is 3.73. The molecule has 13 nitrogen and oxygen atoms in total. The van der Waals surface area contributed by atoms with E-state index in [1.54, 1.807) is 31.2 Å². The molecule has 1 aliphatic carbocycles. The van der Waals surface area contributed by atoms with Gasteiger partial charge in [-0.05, 0) is 121 Å². The molecule has 13 heteroatoms. The number of phenolic OH excluding ortho intramolecular Hbond substituents is 2. The largest absolute Gasteiger partial charge is 0.508 e. The van der Waals surface area contributed by atoms with E-state index in [2.05, 4.69) is 57.0 Å². The van der Waals surface area contributed by atoms with Crippen LogP contribution in [0.3, 0.4) is 0 Å². The fraction of sp³-hybridized carbons (Fsp3) is 0.417. The van der Waals surface area contributed by atoms with Crippen molar-refractivity contribution < 1.29 is 44.5 Å². The molecule has 4 aliphatic rings. The second-order valence-electron chi connectivity index (χ2n) is 16.8. The van der Waals surface area contributed by atoms with Crippen LogP contribution in [-0.2, 0) is 30.4 Å². The van der Waals surface area contributed by atoms with Gasteiger partial charge >= 0.3 is 0 Å². The van der Waals surface area contributed by atoms with Crippen molar-refractivity contribution in [2.45, 2.75) is 87.4 Å². The Bertz CT molecular complexity index is 2470. The number of aromatic amines is 1. The van der Waals surface area contributed by atoms with Crippen LogP contribution in [0.1, 0.15) is 65.2 Å². The predicted octanol–water partition coefficient (Wildman–Crippen LogP) is 4.46. The molecule has 0 radical (unpaired) electrons. The summed E-state index contributed by atoms with van der Waals surface area (Å²) in [5, 5.41) is 64.1. The summed E-state index contributed by atoms with van der Waals surface area (Å²) in [6, 6.07) is 18.6. The summed E-state index contributed by atoms with van der Waals surface area (Å²) >= 11 is 0. The Balaban J connectivity index is 1.27. The van der Waals surface area contributed by atoms with E-state index in [1.807, 2.05) is 25.4 Å². The summed E-state index contributed by atoms with van der Waals surface area (Å²) in [5.74, 6) is 8.40. The van der Waals surface area contributed by atoms with Crippen molar-refractivity contribution in [3.63, 3.8) is 0 Å².